The van der Waals surface area contributed by atoms with Gasteiger partial charge in [0.05, 0.1) is 28.0 Å². The standard InChI is InChI=1S/C60H55N3O/c1-58(2,3)46-26-29-52(49(38-46)41-22-15-10-16-23-41)63-53-25-17-24-47(55(53)62-57(63)48-27-28-50-54(56(48)64)60(6,7)32-31-59(50,4)5)44-34-43(40-20-13-9-14-21-40)35-45(36-44)51-37-42(30-33-61-51)39-18-11-8-12-19-39/h8-30,33-38,64H,31-32H2,1-7H3. The summed E-state index contributed by atoms with van der Waals surface area (Å²) in [6.45, 7) is 15.9. The molecule has 0 fully saturated rings. The molecule has 0 aliphatic heterocycles. The first-order valence-electron chi connectivity index (χ1n) is 22.6. The van der Waals surface area contributed by atoms with E-state index in [4.69, 9.17) is 9.97 Å². The Morgan fingerprint density at radius 3 is 1.83 bits per heavy atom. The Kier molecular flexibility index (Phi) is 10.0. The molecular formula is C60H55N3O. The molecule has 0 saturated heterocycles. The molecular weight excluding hydrogens is 779 g/mol. The molecule has 1 N–H and O–H groups in total. The molecule has 1 aliphatic rings. The van der Waals surface area contributed by atoms with E-state index in [1.165, 1.54) is 11.1 Å². The van der Waals surface area contributed by atoms with Gasteiger partial charge < -0.3 is 5.11 Å². The van der Waals surface area contributed by atoms with Crippen molar-refractivity contribution in [2.75, 3.05) is 0 Å². The van der Waals surface area contributed by atoms with E-state index in [2.05, 4.69) is 217 Å². The van der Waals surface area contributed by atoms with Crippen molar-refractivity contribution in [1.82, 2.24) is 14.5 Å². The normalized spacial score (nSPS) is 14.4. The van der Waals surface area contributed by atoms with E-state index in [1.807, 2.05) is 12.3 Å². The lowest BCUT2D eigenvalue weighted by molar-refractivity contribution is 0.318. The van der Waals surface area contributed by atoms with E-state index in [1.54, 1.807) is 0 Å². The number of pyridine rings is 1. The van der Waals surface area contributed by atoms with Crippen molar-refractivity contribution in [3.05, 3.63) is 193 Å². The molecule has 0 atom stereocenters. The predicted molar refractivity (Wildman–Crippen MR) is 267 cm³/mol. The van der Waals surface area contributed by atoms with Crippen molar-refractivity contribution in [1.29, 1.82) is 0 Å². The third-order valence-electron chi connectivity index (χ3n) is 13.6. The summed E-state index contributed by atoms with van der Waals surface area (Å²) < 4.78 is 2.29. The summed E-state index contributed by atoms with van der Waals surface area (Å²) in [6.07, 6.45) is 3.95. The van der Waals surface area contributed by atoms with Gasteiger partial charge in [0.25, 0.3) is 0 Å². The van der Waals surface area contributed by atoms with Gasteiger partial charge in [-0.05, 0) is 128 Å². The Morgan fingerprint density at radius 1 is 0.516 bits per heavy atom. The van der Waals surface area contributed by atoms with Gasteiger partial charge in [0.1, 0.15) is 11.6 Å². The Balaban J connectivity index is 1.26. The van der Waals surface area contributed by atoms with E-state index in [-0.39, 0.29) is 16.2 Å². The molecule has 4 heteroatoms. The molecule has 0 amide bonds. The van der Waals surface area contributed by atoms with Crippen LogP contribution in [0.5, 0.6) is 5.75 Å². The highest BCUT2D eigenvalue weighted by molar-refractivity contribution is 5.98. The average Bonchev–Trinajstić information content (AvgIpc) is 3.70. The minimum atomic E-state index is -0.212. The fourth-order valence-electron chi connectivity index (χ4n) is 9.84. The summed E-state index contributed by atoms with van der Waals surface area (Å²) in [6, 6.07) is 60.5. The van der Waals surface area contributed by atoms with Crippen LogP contribution >= 0.6 is 0 Å². The molecule has 0 unspecified atom stereocenters. The first-order chi connectivity index (χ1) is 30.8. The molecule has 316 valence electrons. The lowest BCUT2D eigenvalue weighted by atomic mass is 9.62. The number of rotatable bonds is 7. The Morgan fingerprint density at radius 2 is 1.14 bits per heavy atom. The quantitative estimate of drug-likeness (QED) is 0.174. The molecule has 4 nitrogen and oxygen atoms in total. The third-order valence-corrected chi connectivity index (χ3v) is 13.6. The number of aromatic nitrogens is 3. The topological polar surface area (TPSA) is 50.9 Å². The molecule has 9 aromatic rings. The van der Waals surface area contributed by atoms with Crippen LogP contribution in [0, 0.1) is 0 Å². The Labute approximate surface area is 378 Å². The first kappa shape index (κ1) is 41.0. The molecule has 64 heavy (non-hydrogen) atoms. The van der Waals surface area contributed by atoms with Gasteiger partial charge >= 0.3 is 0 Å². The second-order valence-corrected chi connectivity index (χ2v) is 19.9. The third kappa shape index (κ3) is 7.31. The maximum atomic E-state index is 12.7. The van der Waals surface area contributed by atoms with Crippen LogP contribution in [0.25, 0.3) is 83.9 Å². The highest BCUT2D eigenvalue weighted by Crippen LogP contribution is 2.52. The number of imidazole rings is 1. The van der Waals surface area contributed by atoms with E-state index >= 15 is 0 Å². The number of hydrogen-bond donors (Lipinski definition) is 1. The zero-order valence-electron chi connectivity index (χ0n) is 37.9. The van der Waals surface area contributed by atoms with Crippen molar-refractivity contribution in [3.63, 3.8) is 0 Å². The van der Waals surface area contributed by atoms with Gasteiger partial charge in [-0.15, -0.1) is 0 Å². The molecule has 2 aromatic heterocycles. The average molecular weight is 834 g/mol. The Bertz CT molecular complexity index is 3190. The number of para-hydroxylation sites is 1. The van der Waals surface area contributed by atoms with E-state index in [0.717, 1.165) is 96.5 Å². The van der Waals surface area contributed by atoms with Crippen LogP contribution in [0.2, 0.25) is 0 Å². The van der Waals surface area contributed by atoms with Gasteiger partial charge in [0.15, 0.2) is 0 Å². The van der Waals surface area contributed by atoms with Crippen molar-refractivity contribution in [3.8, 4) is 78.6 Å². The maximum Gasteiger partial charge on any atom is 0.149 e. The van der Waals surface area contributed by atoms with E-state index in [9.17, 15) is 5.11 Å². The van der Waals surface area contributed by atoms with Crippen LogP contribution in [0.3, 0.4) is 0 Å². The van der Waals surface area contributed by atoms with Crippen LogP contribution < -0.4 is 0 Å². The number of phenolic OH excluding ortho intramolecular Hbond substituents is 1. The van der Waals surface area contributed by atoms with E-state index < -0.39 is 0 Å². The first-order valence-corrected chi connectivity index (χ1v) is 22.6. The highest BCUT2D eigenvalue weighted by Gasteiger charge is 2.40. The monoisotopic (exact) mass is 833 g/mol. The minimum Gasteiger partial charge on any atom is -0.507 e. The molecule has 10 rings (SSSR count). The van der Waals surface area contributed by atoms with Crippen molar-refractivity contribution < 1.29 is 5.11 Å². The number of nitrogens with zero attached hydrogens (tertiary/aromatic N) is 3. The summed E-state index contributed by atoms with van der Waals surface area (Å²) in [7, 11) is 0. The minimum absolute atomic E-state index is 0.0611. The summed E-state index contributed by atoms with van der Waals surface area (Å²) in [5.74, 6) is 1.03. The predicted octanol–water partition coefficient (Wildman–Crippen LogP) is 15.8. The molecule has 0 bridgehead atoms. The van der Waals surface area contributed by atoms with Crippen LogP contribution in [0.1, 0.15) is 78.0 Å². The van der Waals surface area contributed by atoms with Gasteiger partial charge in [-0.1, -0.05) is 164 Å². The van der Waals surface area contributed by atoms with Crippen LogP contribution in [-0.2, 0) is 16.2 Å². The summed E-state index contributed by atoms with van der Waals surface area (Å²) >= 11 is 0. The molecule has 1 aliphatic carbocycles. The van der Waals surface area contributed by atoms with Crippen molar-refractivity contribution in [2.24, 2.45) is 0 Å². The number of fused-ring (bicyclic) bond motifs is 2. The van der Waals surface area contributed by atoms with Crippen LogP contribution in [-0.4, -0.2) is 19.6 Å². The van der Waals surface area contributed by atoms with Crippen LogP contribution in [0.15, 0.2) is 176 Å². The fourth-order valence-corrected chi connectivity index (χ4v) is 9.84. The number of aromatic hydroxyl groups is 1. The smallest absolute Gasteiger partial charge is 0.149 e. The summed E-state index contributed by atoms with van der Waals surface area (Å²) in [4.78, 5) is 10.6. The zero-order valence-corrected chi connectivity index (χ0v) is 37.9. The fraction of sp³-hybridized carbons (Fsp3) is 0.200. The largest absolute Gasteiger partial charge is 0.507 e. The molecule has 0 radical (unpaired) electrons. The Hall–Kier alpha value is -7.04. The van der Waals surface area contributed by atoms with Gasteiger partial charge in [-0.3, -0.25) is 9.55 Å². The van der Waals surface area contributed by atoms with Crippen molar-refractivity contribution in [2.45, 2.75) is 77.6 Å². The lowest BCUT2D eigenvalue weighted by Crippen LogP contribution is -2.34. The second kappa shape index (κ2) is 15.6. The molecule has 0 saturated carbocycles. The zero-order chi connectivity index (χ0) is 44.4. The lowest BCUT2D eigenvalue weighted by Gasteiger charge is -2.42. The van der Waals surface area contributed by atoms with Gasteiger partial charge in [0.2, 0.25) is 0 Å². The number of benzene rings is 7. The SMILES string of the molecule is CC(C)(C)c1ccc(-n2c(-c3ccc4c(c3O)C(C)(C)CCC4(C)C)nc3c(-c4cc(-c5ccccc5)cc(-c5cc(-c6ccccc6)ccn5)c4)cccc32)c(-c2ccccc2)c1. The van der Waals surface area contributed by atoms with Crippen molar-refractivity contribution >= 4 is 11.0 Å². The van der Waals surface area contributed by atoms with Gasteiger partial charge in [-0.25, -0.2) is 4.98 Å². The van der Waals surface area contributed by atoms with Gasteiger partial charge in [-0.2, -0.15) is 0 Å². The number of phenols is 1. The second-order valence-electron chi connectivity index (χ2n) is 19.9. The highest BCUT2D eigenvalue weighted by atomic mass is 16.3. The molecule has 7 aromatic carbocycles. The van der Waals surface area contributed by atoms with Crippen LogP contribution in [0.4, 0.5) is 0 Å². The van der Waals surface area contributed by atoms with Gasteiger partial charge in [0, 0.05) is 28.5 Å². The summed E-state index contributed by atoms with van der Waals surface area (Å²) in [5, 5.41) is 12.7. The molecule has 2 heterocycles. The molecule has 0 spiro atoms. The summed E-state index contributed by atoms with van der Waals surface area (Å²) in [5.41, 5.74) is 17.4. The maximum absolute atomic E-state index is 12.7. The number of hydrogen-bond acceptors (Lipinski definition) is 3. The van der Waals surface area contributed by atoms with E-state index in [0.29, 0.717) is 11.6 Å².